The lowest BCUT2D eigenvalue weighted by atomic mass is 10.1. The first-order chi connectivity index (χ1) is 6.90. The SMILES string of the molecule is O=CCCCc1ccc2c(c1)OCO2. The average molecular weight is 192 g/mol. The molecule has 0 radical (unpaired) electrons. The number of aldehydes is 1. The van der Waals surface area contributed by atoms with Gasteiger partial charge in [-0.1, -0.05) is 6.07 Å². The maximum Gasteiger partial charge on any atom is 0.231 e. The smallest absolute Gasteiger partial charge is 0.231 e. The molecule has 1 heterocycles. The molecule has 0 saturated heterocycles. The van der Waals surface area contributed by atoms with Gasteiger partial charge in [-0.3, -0.25) is 0 Å². The quantitative estimate of drug-likeness (QED) is 0.540. The van der Waals surface area contributed by atoms with Gasteiger partial charge in [-0.05, 0) is 30.5 Å². The van der Waals surface area contributed by atoms with Gasteiger partial charge in [0.05, 0.1) is 0 Å². The highest BCUT2D eigenvalue weighted by molar-refractivity contribution is 5.49. The summed E-state index contributed by atoms with van der Waals surface area (Å²) >= 11 is 0. The first-order valence-corrected chi connectivity index (χ1v) is 4.72. The predicted molar refractivity (Wildman–Crippen MR) is 51.6 cm³/mol. The average Bonchev–Trinajstić information content (AvgIpc) is 2.65. The van der Waals surface area contributed by atoms with Crippen LogP contribution in [-0.4, -0.2) is 13.1 Å². The molecule has 3 nitrogen and oxygen atoms in total. The molecule has 0 fully saturated rings. The Morgan fingerprint density at radius 2 is 2.14 bits per heavy atom. The topological polar surface area (TPSA) is 35.5 Å². The zero-order valence-electron chi connectivity index (χ0n) is 7.86. The molecule has 0 amide bonds. The summed E-state index contributed by atoms with van der Waals surface area (Å²) in [5.41, 5.74) is 1.19. The number of ether oxygens (including phenoxy) is 2. The minimum Gasteiger partial charge on any atom is -0.454 e. The van der Waals surface area contributed by atoms with Crippen LogP contribution in [0.25, 0.3) is 0 Å². The Morgan fingerprint density at radius 1 is 1.29 bits per heavy atom. The van der Waals surface area contributed by atoms with Crippen molar-refractivity contribution in [3.8, 4) is 11.5 Å². The standard InChI is InChI=1S/C11H12O3/c12-6-2-1-3-9-4-5-10-11(7-9)14-8-13-10/h4-7H,1-3,8H2. The van der Waals surface area contributed by atoms with Crippen LogP contribution in [0, 0.1) is 0 Å². The lowest BCUT2D eigenvalue weighted by molar-refractivity contribution is -0.107. The number of benzene rings is 1. The molecule has 14 heavy (non-hydrogen) atoms. The van der Waals surface area contributed by atoms with E-state index in [4.69, 9.17) is 9.47 Å². The van der Waals surface area contributed by atoms with E-state index in [-0.39, 0.29) is 0 Å². The molecule has 0 unspecified atom stereocenters. The molecule has 0 aromatic heterocycles. The molecule has 1 aliphatic rings. The predicted octanol–water partition coefficient (Wildman–Crippen LogP) is 1.94. The van der Waals surface area contributed by atoms with Crippen LogP contribution >= 0.6 is 0 Å². The van der Waals surface area contributed by atoms with Gasteiger partial charge in [-0.25, -0.2) is 0 Å². The van der Waals surface area contributed by atoms with E-state index in [9.17, 15) is 4.79 Å². The van der Waals surface area contributed by atoms with E-state index in [1.54, 1.807) is 0 Å². The lowest BCUT2D eigenvalue weighted by Crippen LogP contribution is -1.93. The van der Waals surface area contributed by atoms with Crippen molar-refractivity contribution in [1.29, 1.82) is 0 Å². The van der Waals surface area contributed by atoms with Crippen molar-refractivity contribution in [2.45, 2.75) is 19.3 Å². The molecule has 74 valence electrons. The van der Waals surface area contributed by atoms with Crippen LogP contribution in [0.5, 0.6) is 11.5 Å². The number of fused-ring (bicyclic) bond motifs is 1. The minimum atomic E-state index is 0.313. The zero-order valence-corrected chi connectivity index (χ0v) is 7.86. The van der Waals surface area contributed by atoms with Gasteiger partial charge in [0.1, 0.15) is 6.29 Å². The van der Waals surface area contributed by atoms with Gasteiger partial charge in [-0.15, -0.1) is 0 Å². The van der Waals surface area contributed by atoms with Crippen molar-refractivity contribution in [1.82, 2.24) is 0 Å². The van der Waals surface area contributed by atoms with Gasteiger partial charge < -0.3 is 14.3 Å². The summed E-state index contributed by atoms with van der Waals surface area (Å²) < 4.78 is 10.5. The molecular weight excluding hydrogens is 180 g/mol. The molecule has 1 aromatic rings. The van der Waals surface area contributed by atoms with Crippen LogP contribution in [0.1, 0.15) is 18.4 Å². The Balaban J connectivity index is 2.01. The number of unbranched alkanes of at least 4 members (excludes halogenated alkanes) is 1. The zero-order chi connectivity index (χ0) is 9.80. The molecule has 0 bridgehead atoms. The number of rotatable bonds is 4. The summed E-state index contributed by atoms with van der Waals surface area (Å²) in [6.45, 7) is 0.313. The van der Waals surface area contributed by atoms with E-state index in [0.717, 1.165) is 30.6 Å². The summed E-state index contributed by atoms with van der Waals surface area (Å²) in [7, 11) is 0. The highest BCUT2D eigenvalue weighted by Gasteiger charge is 2.12. The van der Waals surface area contributed by atoms with Crippen molar-refractivity contribution >= 4 is 6.29 Å². The summed E-state index contributed by atoms with van der Waals surface area (Å²) in [5, 5.41) is 0. The van der Waals surface area contributed by atoms with E-state index in [0.29, 0.717) is 13.2 Å². The maximum atomic E-state index is 10.1. The van der Waals surface area contributed by atoms with Gasteiger partial charge in [0, 0.05) is 6.42 Å². The summed E-state index contributed by atoms with van der Waals surface area (Å²) in [5.74, 6) is 1.62. The second kappa shape index (κ2) is 4.13. The largest absolute Gasteiger partial charge is 0.454 e. The molecule has 3 heteroatoms. The van der Waals surface area contributed by atoms with Crippen molar-refractivity contribution in [3.63, 3.8) is 0 Å². The Morgan fingerprint density at radius 3 is 3.00 bits per heavy atom. The molecule has 0 aliphatic carbocycles. The number of carbonyl (C=O) groups is 1. The molecule has 1 aromatic carbocycles. The van der Waals surface area contributed by atoms with E-state index in [2.05, 4.69) is 0 Å². The summed E-state index contributed by atoms with van der Waals surface area (Å²) in [6.07, 6.45) is 3.37. The van der Waals surface area contributed by atoms with Crippen molar-refractivity contribution in [2.75, 3.05) is 6.79 Å². The van der Waals surface area contributed by atoms with Crippen LogP contribution < -0.4 is 9.47 Å². The van der Waals surface area contributed by atoms with Crippen LogP contribution in [0.15, 0.2) is 18.2 Å². The molecule has 2 rings (SSSR count). The fourth-order valence-corrected chi connectivity index (χ4v) is 1.49. The first kappa shape index (κ1) is 9.06. The van der Waals surface area contributed by atoms with Gasteiger partial charge in [0.25, 0.3) is 0 Å². The van der Waals surface area contributed by atoms with Crippen LogP contribution in [-0.2, 0) is 11.2 Å². The molecular formula is C11H12O3. The van der Waals surface area contributed by atoms with Crippen molar-refractivity contribution < 1.29 is 14.3 Å². The minimum absolute atomic E-state index is 0.313. The van der Waals surface area contributed by atoms with Gasteiger partial charge in [0.2, 0.25) is 6.79 Å². The van der Waals surface area contributed by atoms with Crippen molar-refractivity contribution in [3.05, 3.63) is 23.8 Å². The fourth-order valence-electron chi connectivity index (χ4n) is 1.49. The summed E-state index contributed by atoms with van der Waals surface area (Å²) in [6, 6.07) is 5.91. The third-order valence-corrected chi connectivity index (χ3v) is 2.22. The van der Waals surface area contributed by atoms with E-state index in [1.165, 1.54) is 5.56 Å². The van der Waals surface area contributed by atoms with Crippen LogP contribution in [0.3, 0.4) is 0 Å². The third-order valence-electron chi connectivity index (χ3n) is 2.22. The maximum absolute atomic E-state index is 10.1. The van der Waals surface area contributed by atoms with Gasteiger partial charge >= 0.3 is 0 Å². The second-order valence-electron chi connectivity index (χ2n) is 3.25. The third kappa shape index (κ3) is 1.87. The highest BCUT2D eigenvalue weighted by atomic mass is 16.7. The number of aryl methyl sites for hydroxylation is 1. The van der Waals surface area contributed by atoms with Crippen LogP contribution in [0.2, 0.25) is 0 Å². The van der Waals surface area contributed by atoms with Gasteiger partial charge in [0.15, 0.2) is 11.5 Å². The van der Waals surface area contributed by atoms with Crippen LogP contribution in [0.4, 0.5) is 0 Å². The second-order valence-corrected chi connectivity index (χ2v) is 3.25. The number of hydrogen-bond acceptors (Lipinski definition) is 3. The lowest BCUT2D eigenvalue weighted by Gasteiger charge is -2.00. The molecule has 0 saturated carbocycles. The Kier molecular flexibility index (Phi) is 2.68. The fraction of sp³-hybridized carbons (Fsp3) is 0.364. The Hall–Kier alpha value is -1.51. The van der Waals surface area contributed by atoms with E-state index >= 15 is 0 Å². The van der Waals surface area contributed by atoms with Crippen molar-refractivity contribution in [2.24, 2.45) is 0 Å². The van der Waals surface area contributed by atoms with E-state index < -0.39 is 0 Å². The van der Waals surface area contributed by atoms with E-state index in [1.807, 2.05) is 18.2 Å². The molecule has 0 spiro atoms. The van der Waals surface area contributed by atoms with Gasteiger partial charge in [-0.2, -0.15) is 0 Å². The monoisotopic (exact) mass is 192 g/mol. The Bertz CT molecular complexity index is 333. The summed E-state index contributed by atoms with van der Waals surface area (Å²) in [4.78, 5) is 10.1. The molecule has 1 aliphatic heterocycles. The molecule has 0 N–H and O–H groups in total. The number of carbonyl (C=O) groups excluding carboxylic acids is 1. The number of hydrogen-bond donors (Lipinski definition) is 0. The molecule has 0 atom stereocenters. The first-order valence-electron chi connectivity index (χ1n) is 4.72. The highest BCUT2D eigenvalue weighted by Crippen LogP contribution is 2.32. The normalized spacial score (nSPS) is 12.9. The Labute approximate surface area is 82.6 Å².